The number of aliphatic hydroxyl groups excluding tert-OH is 1. The van der Waals surface area contributed by atoms with Crippen LogP contribution in [0.3, 0.4) is 0 Å². The SMILES string of the molecule is COc1cc(/C=C/C(=O)OCC(CO)OC(C)=O)ccc1O. The molecule has 7 nitrogen and oxygen atoms in total. The molecule has 1 rings (SSSR count). The number of phenolic OH excluding ortho intramolecular Hbond substituents is 1. The van der Waals surface area contributed by atoms with Gasteiger partial charge in [0.2, 0.25) is 0 Å². The molecule has 0 saturated heterocycles. The van der Waals surface area contributed by atoms with E-state index in [0.717, 1.165) is 0 Å². The lowest BCUT2D eigenvalue weighted by molar-refractivity contribution is -0.157. The molecule has 0 spiro atoms. The van der Waals surface area contributed by atoms with Gasteiger partial charge in [-0.25, -0.2) is 4.79 Å². The Hall–Kier alpha value is -2.54. The molecule has 0 amide bonds. The number of hydrogen-bond donors (Lipinski definition) is 2. The van der Waals surface area contributed by atoms with E-state index in [9.17, 15) is 14.7 Å². The number of aliphatic hydroxyl groups is 1. The highest BCUT2D eigenvalue weighted by molar-refractivity contribution is 5.87. The number of ether oxygens (including phenoxy) is 3. The number of esters is 2. The summed E-state index contributed by atoms with van der Waals surface area (Å²) in [7, 11) is 1.42. The number of aromatic hydroxyl groups is 1. The minimum absolute atomic E-state index is 0.00519. The molecule has 22 heavy (non-hydrogen) atoms. The molecule has 0 radical (unpaired) electrons. The van der Waals surface area contributed by atoms with E-state index in [1.165, 1.54) is 32.3 Å². The molecular weight excluding hydrogens is 292 g/mol. The molecule has 0 aliphatic rings. The van der Waals surface area contributed by atoms with Crippen molar-refractivity contribution < 1.29 is 34.0 Å². The van der Waals surface area contributed by atoms with Gasteiger partial charge in [0, 0.05) is 13.0 Å². The fourth-order valence-corrected chi connectivity index (χ4v) is 1.54. The molecule has 0 fully saturated rings. The predicted molar refractivity (Wildman–Crippen MR) is 77.3 cm³/mol. The summed E-state index contributed by atoms with van der Waals surface area (Å²) >= 11 is 0. The summed E-state index contributed by atoms with van der Waals surface area (Å²) < 4.78 is 14.5. The van der Waals surface area contributed by atoms with Crippen LogP contribution < -0.4 is 4.74 Å². The second-order valence-corrected chi connectivity index (χ2v) is 4.31. The van der Waals surface area contributed by atoms with Crippen molar-refractivity contribution in [1.82, 2.24) is 0 Å². The molecule has 0 aliphatic heterocycles. The van der Waals surface area contributed by atoms with Crippen LogP contribution in [0.4, 0.5) is 0 Å². The van der Waals surface area contributed by atoms with Crippen LogP contribution in [0.5, 0.6) is 11.5 Å². The van der Waals surface area contributed by atoms with Crippen molar-refractivity contribution in [2.24, 2.45) is 0 Å². The van der Waals surface area contributed by atoms with Gasteiger partial charge in [-0.15, -0.1) is 0 Å². The monoisotopic (exact) mass is 310 g/mol. The summed E-state index contributed by atoms with van der Waals surface area (Å²) in [5, 5.41) is 18.4. The quantitative estimate of drug-likeness (QED) is 0.569. The zero-order valence-electron chi connectivity index (χ0n) is 12.3. The first-order valence-corrected chi connectivity index (χ1v) is 6.46. The van der Waals surface area contributed by atoms with Gasteiger partial charge in [-0.05, 0) is 23.8 Å². The molecule has 120 valence electrons. The van der Waals surface area contributed by atoms with Crippen molar-refractivity contribution in [3.05, 3.63) is 29.8 Å². The van der Waals surface area contributed by atoms with Crippen molar-refractivity contribution in [2.45, 2.75) is 13.0 Å². The zero-order valence-corrected chi connectivity index (χ0v) is 12.3. The third-order valence-corrected chi connectivity index (χ3v) is 2.56. The van der Waals surface area contributed by atoms with Gasteiger partial charge in [-0.1, -0.05) is 6.07 Å². The maximum atomic E-state index is 11.5. The Morgan fingerprint density at radius 2 is 2.09 bits per heavy atom. The van der Waals surface area contributed by atoms with Crippen LogP contribution in [-0.2, 0) is 19.1 Å². The van der Waals surface area contributed by atoms with Crippen molar-refractivity contribution in [2.75, 3.05) is 20.3 Å². The Labute approximate surface area is 127 Å². The van der Waals surface area contributed by atoms with Crippen LogP contribution in [0.2, 0.25) is 0 Å². The van der Waals surface area contributed by atoms with Gasteiger partial charge in [-0.2, -0.15) is 0 Å². The summed E-state index contributed by atoms with van der Waals surface area (Å²) in [6.45, 7) is 0.520. The molecule has 1 unspecified atom stereocenters. The number of carbonyl (C=O) groups excluding carboxylic acids is 2. The predicted octanol–water partition coefficient (Wildman–Crippen LogP) is 0.881. The van der Waals surface area contributed by atoms with Gasteiger partial charge < -0.3 is 24.4 Å². The maximum absolute atomic E-state index is 11.5. The number of methoxy groups -OCH3 is 1. The van der Waals surface area contributed by atoms with Crippen molar-refractivity contribution in [1.29, 1.82) is 0 Å². The highest BCUT2D eigenvalue weighted by Crippen LogP contribution is 2.26. The molecular formula is C15H18O7. The van der Waals surface area contributed by atoms with Crippen molar-refractivity contribution in [3.8, 4) is 11.5 Å². The first-order valence-electron chi connectivity index (χ1n) is 6.46. The lowest BCUT2D eigenvalue weighted by atomic mass is 10.2. The van der Waals surface area contributed by atoms with Crippen LogP contribution in [0.15, 0.2) is 24.3 Å². The highest BCUT2D eigenvalue weighted by atomic mass is 16.6. The van der Waals surface area contributed by atoms with Crippen LogP contribution in [0.25, 0.3) is 6.08 Å². The second-order valence-electron chi connectivity index (χ2n) is 4.31. The highest BCUT2D eigenvalue weighted by Gasteiger charge is 2.12. The Morgan fingerprint density at radius 3 is 2.68 bits per heavy atom. The third kappa shape index (κ3) is 5.84. The van der Waals surface area contributed by atoms with E-state index >= 15 is 0 Å². The van der Waals surface area contributed by atoms with Crippen molar-refractivity contribution >= 4 is 18.0 Å². The number of rotatable bonds is 7. The first-order chi connectivity index (χ1) is 10.5. The minimum atomic E-state index is -0.886. The van der Waals surface area contributed by atoms with E-state index < -0.39 is 24.6 Å². The van der Waals surface area contributed by atoms with E-state index in [1.54, 1.807) is 12.1 Å². The van der Waals surface area contributed by atoms with E-state index in [2.05, 4.69) is 0 Å². The molecule has 0 bridgehead atoms. The van der Waals surface area contributed by atoms with E-state index in [0.29, 0.717) is 5.56 Å². The fraction of sp³-hybridized carbons (Fsp3) is 0.333. The Bertz CT molecular complexity index is 551. The molecule has 1 atom stereocenters. The van der Waals surface area contributed by atoms with E-state index in [4.69, 9.17) is 19.3 Å². The summed E-state index contributed by atoms with van der Waals surface area (Å²) in [6, 6.07) is 4.58. The average Bonchev–Trinajstić information content (AvgIpc) is 2.50. The first kappa shape index (κ1) is 17.5. The Kier molecular flexibility index (Phi) is 6.91. The lowest BCUT2D eigenvalue weighted by Crippen LogP contribution is -2.27. The van der Waals surface area contributed by atoms with Crippen LogP contribution >= 0.6 is 0 Å². The zero-order chi connectivity index (χ0) is 16.5. The summed E-state index contributed by atoms with van der Waals surface area (Å²) in [5.74, 6) is -0.945. The topological polar surface area (TPSA) is 102 Å². The molecule has 0 aliphatic carbocycles. The molecule has 7 heteroatoms. The minimum Gasteiger partial charge on any atom is -0.504 e. The summed E-state index contributed by atoms with van der Waals surface area (Å²) in [4.78, 5) is 22.3. The number of carbonyl (C=O) groups is 2. The largest absolute Gasteiger partial charge is 0.504 e. The van der Waals surface area contributed by atoms with Crippen LogP contribution in [0.1, 0.15) is 12.5 Å². The van der Waals surface area contributed by atoms with Gasteiger partial charge in [0.1, 0.15) is 6.61 Å². The number of benzene rings is 1. The van der Waals surface area contributed by atoms with Crippen molar-refractivity contribution in [3.63, 3.8) is 0 Å². The molecule has 0 heterocycles. The molecule has 0 saturated carbocycles. The lowest BCUT2D eigenvalue weighted by Gasteiger charge is -2.13. The number of phenols is 1. The van der Waals surface area contributed by atoms with E-state index in [1.807, 2.05) is 0 Å². The van der Waals surface area contributed by atoms with Crippen LogP contribution in [-0.4, -0.2) is 48.6 Å². The smallest absolute Gasteiger partial charge is 0.330 e. The van der Waals surface area contributed by atoms with Gasteiger partial charge in [0.15, 0.2) is 17.6 Å². The Morgan fingerprint density at radius 1 is 1.36 bits per heavy atom. The van der Waals surface area contributed by atoms with Gasteiger partial charge in [-0.3, -0.25) is 4.79 Å². The summed E-state index contributed by atoms with van der Waals surface area (Å²) in [6.07, 6.45) is 1.77. The molecule has 1 aromatic rings. The summed E-state index contributed by atoms with van der Waals surface area (Å²) in [5.41, 5.74) is 0.630. The number of hydrogen-bond acceptors (Lipinski definition) is 7. The van der Waals surface area contributed by atoms with E-state index in [-0.39, 0.29) is 18.1 Å². The third-order valence-electron chi connectivity index (χ3n) is 2.56. The van der Waals surface area contributed by atoms with Gasteiger partial charge in [0.05, 0.1) is 13.7 Å². The Balaban J connectivity index is 2.55. The molecule has 1 aromatic carbocycles. The standard InChI is InChI=1S/C15H18O7/c1-10(17)22-12(8-16)9-21-15(19)6-4-11-3-5-13(18)14(7-11)20-2/h3-7,12,16,18H,8-9H2,1-2H3/b6-4+. The molecule has 0 aromatic heterocycles. The van der Waals surface area contributed by atoms with Gasteiger partial charge in [0.25, 0.3) is 0 Å². The molecule has 2 N–H and O–H groups in total. The average molecular weight is 310 g/mol. The van der Waals surface area contributed by atoms with Crippen LogP contribution in [0, 0.1) is 0 Å². The second kappa shape index (κ2) is 8.68. The van der Waals surface area contributed by atoms with Gasteiger partial charge >= 0.3 is 11.9 Å². The normalized spacial score (nSPS) is 12.0. The maximum Gasteiger partial charge on any atom is 0.330 e. The fourth-order valence-electron chi connectivity index (χ4n) is 1.54.